The lowest BCUT2D eigenvalue weighted by Crippen LogP contribution is -2.55. The first-order valence-electron chi connectivity index (χ1n) is 14.6. The highest BCUT2D eigenvalue weighted by atomic mass is 35.5. The highest BCUT2D eigenvalue weighted by molar-refractivity contribution is 7.59. The lowest BCUT2D eigenvalue weighted by atomic mass is 10.0. The third-order valence-electron chi connectivity index (χ3n) is 7.75. The Kier molecular flexibility index (Phi) is 13.7. The van der Waals surface area contributed by atoms with Crippen LogP contribution in [0.15, 0.2) is 36.5 Å². The molecule has 0 bridgehead atoms. The molecule has 0 saturated carbocycles. The predicted octanol–water partition coefficient (Wildman–Crippen LogP) is 3.41. The molecule has 0 radical (unpaired) electrons. The Morgan fingerprint density at radius 2 is 1.83 bits per heavy atom. The Morgan fingerprint density at radius 3 is 2.46 bits per heavy atom. The number of nitrogens with one attached hydrogen (secondary N) is 2. The van der Waals surface area contributed by atoms with Crippen molar-refractivity contribution < 1.29 is 37.8 Å². The summed E-state index contributed by atoms with van der Waals surface area (Å²) in [5.41, 5.74) is 0.543. The maximum absolute atomic E-state index is 14.8. The number of carboxylic acid groups (broad SMARTS) is 1. The lowest BCUT2D eigenvalue weighted by molar-refractivity contribution is -0.135. The van der Waals surface area contributed by atoms with Gasteiger partial charge in [0.25, 0.3) is 18.3 Å². The molecule has 1 atom stereocenters. The average Bonchev–Trinajstić information content (AvgIpc) is 3.46. The van der Waals surface area contributed by atoms with Crippen LogP contribution in [0.25, 0.3) is 11.3 Å². The Labute approximate surface area is 286 Å². The zero-order valence-corrected chi connectivity index (χ0v) is 27.6. The summed E-state index contributed by atoms with van der Waals surface area (Å²) < 4.78 is 35.4. The van der Waals surface area contributed by atoms with E-state index in [2.05, 4.69) is 15.6 Å². The van der Waals surface area contributed by atoms with Gasteiger partial charge in [0, 0.05) is 44.5 Å². The molecule has 3 heterocycles. The van der Waals surface area contributed by atoms with Gasteiger partial charge in [-0.25, -0.2) is 9.37 Å². The molecule has 0 spiro atoms. The summed E-state index contributed by atoms with van der Waals surface area (Å²) >= 11 is 6.45. The van der Waals surface area contributed by atoms with Crippen LogP contribution in [0.1, 0.15) is 40.2 Å². The number of amides is 3. The monoisotopic (exact) mass is 705 g/mol. The van der Waals surface area contributed by atoms with Crippen molar-refractivity contribution >= 4 is 55.0 Å². The van der Waals surface area contributed by atoms with Gasteiger partial charge in [0.15, 0.2) is 24.0 Å². The van der Waals surface area contributed by atoms with E-state index in [9.17, 15) is 23.2 Å². The second-order valence-corrected chi connectivity index (χ2v) is 11.0. The number of nitrogens with zero attached hydrogens (tertiary/aromatic N) is 5. The molecule has 2 aromatic carbocycles. The number of aromatic nitrogens is 2. The van der Waals surface area contributed by atoms with Crippen molar-refractivity contribution in [2.24, 2.45) is 7.05 Å². The fourth-order valence-electron chi connectivity index (χ4n) is 5.36. The van der Waals surface area contributed by atoms with Gasteiger partial charge >= 0.3 is 0 Å². The molecule has 256 valence electrons. The van der Waals surface area contributed by atoms with Gasteiger partial charge in [-0.05, 0) is 49.7 Å². The molecule has 2 aliphatic rings. The highest BCUT2D eigenvalue weighted by Crippen LogP contribution is 2.30. The van der Waals surface area contributed by atoms with Crippen LogP contribution in [0.3, 0.4) is 0 Å². The van der Waals surface area contributed by atoms with Crippen molar-refractivity contribution in [3.63, 3.8) is 0 Å². The van der Waals surface area contributed by atoms with E-state index < -0.39 is 29.9 Å². The van der Waals surface area contributed by atoms with Crippen LogP contribution in [0.5, 0.6) is 5.75 Å². The summed E-state index contributed by atoms with van der Waals surface area (Å²) in [4.78, 5) is 54.9. The number of hydrogen-bond donors (Lipinski definition) is 3. The molecular weight excluding hydrogens is 672 g/mol. The lowest BCUT2D eigenvalue weighted by Gasteiger charge is -2.37. The number of anilines is 1. The van der Waals surface area contributed by atoms with Crippen molar-refractivity contribution in [2.45, 2.75) is 25.3 Å². The molecule has 1 aromatic heterocycles. The zero-order chi connectivity index (χ0) is 34.1. The van der Waals surface area contributed by atoms with Gasteiger partial charge < -0.3 is 34.8 Å². The molecule has 0 aliphatic carbocycles. The molecule has 0 unspecified atom stereocenters. The minimum Gasteiger partial charge on any atom is -0.483 e. The van der Waals surface area contributed by atoms with Gasteiger partial charge in [-0.1, -0.05) is 18.0 Å². The molecule has 2 aliphatic heterocycles. The molecule has 3 amide bonds. The SMILES string of the molecule is Cn1c(-c2ccc(OCC#N)c(F)c2F)cnc1C(=O)Nc1ccc(C(=O)N2CCN(C(=O)[C@@H]3CCCCN3)CC2)c(Cl)c1.O=CO.S. The summed E-state index contributed by atoms with van der Waals surface area (Å²) in [5.74, 6) is -3.81. The largest absolute Gasteiger partial charge is 0.483 e. The molecule has 2 saturated heterocycles. The standard InChI is InChI=1S/C30H30ClF2N7O4.CH2O2.H2S/c1-38-23(20-7-8-24(44-15-9-34)26(33)25(20)32)17-36-27(38)28(41)37-18-5-6-19(21(31)16-18)29(42)39-11-13-40(14-12-39)30(43)22-4-2-3-10-35-22;2-1-3;/h5-8,16-17,22,35H,2-4,10-15H2,1H3,(H,37,41);1H,(H,2,3);1H2/t22-;;/m0../s1. The molecule has 2 fully saturated rings. The first-order chi connectivity index (χ1) is 22.6. The third kappa shape index (κ3) is 8.59. The van der Waals surface area contributed by atoms with Crippen LogP contribution in [-0.4, -0.2) is 94.0 Å². The van der Waals surface area contributed by atoms with Gasteiger partial charge in [-0.3, -0.25) is 19.2 Å². The smallest absolute Gasteiger partial charge is 0.291 e. The quantitative estimate of drug-likeness (QED) is 0.312. The molecular formula is C31H34ClF2N7O6S. The Bertz CT molecular complexity index is 1690. The van der Waals surface area contributed by atoms with Crippen molar-refractivity contribution in [1.29, 1.82) is 5.26 Å². The van der Waals surface area contributed by atoms with E-state index in [1.807, 2.05) is 0 Å². The fraction of sp³-hybridized carbons (Fsp3) is 0.355. The highest BCUT2D eigenvalue weighted by Gasteiger charge is 2.30. The van der Waals surface area contributed by atoms with Crippen LogP contribution in [0, 0.1) is 23.0 Å². The summed E-state index contributed by atoms with van der Waals surface area (Å²) in [6, 6.07) is 8.48. The zero-order valence-electron chi connectivity index (χ0n) is 25.8. The normalized spacial score (nSPS) is 15.6. The van der Waals surface area contributed by atoms with Crippen LogP contribution >= 0.6 is 25.1 Å². The molecule has 13 nitrogen and oxygen atoms in total. The van der Waals surface area contributed by atoms with Crippen LogP contribution in [0.4, 0.5) is 14.5 Å². The number of piperidine rings is 1. The van der Waals surface area contributed by atoms with Crippen LogP contribution < -0.4 is 15.4 Å². The number of ether oxygens (including phenoxy) is 1. The third-order valence-corrected chi connectivity index (χ3v) is 8.06. The van der Waals surface area contributed by atoms with E-state index >= 15 is 0 Å². The maximum Gasteiger partial charge on any atom is 0.291 e. The Balaban J connectivity index is 0.00000151. The van der Waals surface area contributed by atoms with Gasteiger partial charge in [0.05, 0.1) is 28.5 Å². The number of carbonyl (C=O) groups excluding carboxylic acids is 3. The molecule has 48 heavy (non-hydrogen) atoms. The second kappa shape index (κ2) is 17.4. The van der Waals surface area contributed by atoms with E-state index in [0.717, 1.165) is 25.8 Å². The van der Waals surface area contributed by atoms with Gasteiger partial charge in [-0.2, -0.15) is 23.1 Å². The van der Waals surface area contributed by atoms with Crippen molar-refractivity contribution in [3.8, 4) is 23.1 Å². The molecule has 3 N–H and O–H groups in total. The van der Waals surface area contributed by atoms with Crippen molar-refractivity contribution in [3.05, 3.63) is 64.6 Å². The summed E-state index contributed by atoms with van der Waals surface area (Å²) in [6.45, 7) is 1.79. The fourth-order valence-corrected chi connectivity index (χ4v) is 5.62. The number of imidazole rings is 1. The van der Waals surface area contributed by atoms with Crippen molar-refractivity contribution in [1.82, 2.24) is 24.7 Å². The van der Waals surface area contributed by atoms with E-state index in [0.29, 0.717) is 31.9 Å². The maximum atomic E-state index is 14.8. The number of halogens is 3. The number of rotatable bonds is 7. The Morgan fingerprint density at radius 1 is 1.15 bits per heavy atom. The Hall–Kier alpha value is -4.72. The van der Waals surface area contributed by atoms with Gasteiger partial charge in [0.1, 0.15) is 6.07 Å². The second-order valence-electron chi connectivity index (χ2n) is 10.6. The average molecular weight is 706 g/mol. The van der Waals surface area contributed by atoms with Crippen molar-refractivity contribution in [2.75, 3.05) is 44.6 Å². The number of nitriles is 1. The molecule has 17 heteroatoms. The van der Waals surface area contributed by atoms with Crippen LogP contribution in [0.2, 0.25) is 5.02 Å². The first kappa shape index (κ1) is 37.7. The van der Waals surface area contributed by atoms with E-state index in [-0.39, 0.29) is 65.5 Å². The number of hydrogen-bond acceptors (Lipinski definition) is 8. The number of carbonyl (C=O) groups is 4. The predicted molar refractivity (Wildman–Crippen MR) is 176 cm³/mol. The minimum absolute atomic E-state index is 0. The topological polar surface area (TPSA) is 170 Å². The van der Waals surface area contributed by atoms with E-state index in [1.54, 1.807) is 15.9 Å². The minimum atomic E-state index is -1.26. The van der Waals surface area contributed by atoms with Crippen LogP contribution in [-0.2, 0) is 16.6 Å². The van der Waals surface area contributed by atoms with Gasteiger partial charge in [0.2, 0.25) is 11.7 Å². The molecule has 5 rings (SSSR count). The first-order valence-corrected chi connectivity index (χ1v) is 15.0. The van der Waals surface area contributed by atoms with E-state index in [4.69, 9.17) is 31.5 Å². The van der Waals surface area contributed by atoms with Gasteiger partial charge in [-0.15, -0.1) is 0 Å². The van der Waals surface area contributed by atoms with E-state index in [1.165, 1.54) is 48.1 Å². The summed E-state index contributed by atoms with van der Waals surface area (Å²) in [7, 11) is 1.47. The summed E-state index contributed by atoms with van der Waals surface area (Å²) in [5, 5.41) is 21.6. The number of piperazine rings is 1. The summed E-state index contributed by atoms with van der Waals surface area (Å²) in [6.07, 6.45) is 4.15. The molecule has 3 aromatic rings. The number of benzene rings is 2.